The van der Waals surface area contributed by atoms with Crippen LogP contribution in [0.3, 0.4) is 0 Å². The summed E-state index contributed by atoms with van der Waals surface area (Å²) < 4.78 is 32.4. The first-order chi connectivity index (χ1) is 18.4. The third-order valence-corrected chi connectivity index (χ3v) is 6.60. The number of hydrogen-bond donors (Lipinski definition) is 1. The van der Waals surface area contributed by atoms with E-state index in [1.807, 2.05) is 23.6 Å². The molecule has 0 radical (unpaired) electrons. The normalized spacial score (nSPS) is 11.3. The maximum atomic E-state index is 14.0. The van der Waals surface area contributed by atoms with E-state index in [4.69, 9.17) is 14.2 Å². The highest BCUT2D eigenvalue weighted by Gasteiger charge is 2.20. The van der Waals surface area contributed by atoms with Gasteiger partial charge in [0.2, 0.25) is 0 Å². The number of carboxylic acid groups (broad SMARTS) is 1. The minimum atomic E-state index is -1.13. The molecule has 0 bridgehead atoms. The number of aliphatic carboxylic acids is 1. The van der Waals surface area contributed by atoms with E-state index in [1.165, 1.54) is 12.1 Å². The summed E-state index contributed by atoms with van der Waals surface area (Å²) in [5, 5.41) is 19.0. The van der Waals surface area contributed by atoms with Gasteiger partial charge in [0.05, 0.1) is 14.2 Å². The number of methoxy groups -OCH3 is 2. The van der Waals surface area contributed by atoms with Crippen molar-refractivity contribution in [2.24, 2.45) is 0 Å². The number of aromatic nitrogens is 3. The number of carboxylic acids is 1. The first-order valence-corrected chi connectivity index (χ1v) is 12.5. The van der Waals surface area contributed by atoms with Crippen LogP contribution in [0.15, 0.2) is 76.8 Å². The van der Waals surface area contributed by atoms with E-state index in [0.717, 1.165) is 17.3 Å². The van der Waals surface area contributed by atoms with Gasteiger partial charge >= 0.3 is 5.97 Å². The first kappa shape index (κ1) is 26.7. The lowest BCUT2D eigenvalue weighted by molar-refractivity contribution is -0.131. The molecule has 1 heterocycles. The van der Waals surface area contributed by atoms with Crippen LogP contribution in [0, 0.1) is 5.82 Å². The summed E-state index contributed by atoms with van der Waals surface area (Å²) in [6.45, 7) is 2.42. The van der Waals surface area contributed by atoms with E-state index < -0.39 is 5.97 Å². The second-order valence-corrected chi connectivity index (χ2v) is 8.99. The monoisotopic (exact) mass is 535 g/mol. The van der Waals surface area contributed by atoms with Crippen LogP contribution in [0.2, 0.25) is 0 Å². The molecule has 10 heteroatoms. The molecular weight excluding hydrogens is 509 g/mol. The summed E-state index contributed by atoms with van der Waals surface area (Å²) in [5.74, 6) is 0.663. The lowest BCUT2D eigenvalue weighted by Gasteiger charge is -2.12. The van der Waals surface area contributed by atoms with E-state index in [9.17, 15) is 14.3 Å². The Morgan fingerprint density at radius 2 is 1.71 bits per heavy atom. The van der Waals surface area contributed by atoms with Crippen molar-refractivity contribution in [1.29, 1.82) is 0 Å². The van der Waals surface area contributed by atoms with Gasteiger partial charge in [-0.1, -0.05) is 36.4 Å². The third kappa shape index (κ3) is 6.15. The largest absolute Gasteiger partial charge is 0.497 e. The number of halogens is 1. The highest BCUT2D eigenvalue weighted by molar-refractivity contribution is 8.04. The lowest BCUT2D eigenvalue weighted by atomic mass is 10.2. The lowest BCUT2D eigenvalue weighted by Crippen LogP contribution is -2.03. The second-order valence-electron chi connectivity index (χ2n) is 7.99. The quantitative estimate of drug-likeness (QED) is 0.187. The fourth-order valence-corrected chi connectivity index (χ4v) is 4.55. The zero-order chi connectivity index (χ0) is 27.1. The Bertz CT molecular complexity index is 1450. The van der Waals surface area contributed by atoms with E-state index in [1.54, 1.807) is 62.8 Å². The summed E-state index contributed by atoms with van der Waals surface area (Å²) in [6.07, 6.45) is 1.51. The molecule has 0 atom stereocenters. The predicted molar refractivity (Wildman–Crippen MR) is 143 cm³/mol. The number of rotatable bonds is 11. The van der Waals surface area contributed by atoms with Crippen molar-refractivity contribution in [3.05, 3.63) is 88.6 Å². The summed E-state index contributed by atoms with van der Waals surface area (Å²) in [5.41, 5.74) is 1.65. The van der Waals surface area contributed by atoms with Crippen LogP contribution in [0.5, 0.6) is 17.2 Å². The van der Waals surface area contributed by atoms with Gasteiger partial charge in [-0.15, -0.1) is 10.2 Å². The molecule has 1 aromatic heterocycles. The van der Waals surface area contributed by atoms with Crippen LogP contribution in [-0.4, -0.2) is 40.1 Å². The van der Waals surface area contributed by atoms with Crippen LogP contribution in [0.4, 0.5) is 4.39 Å². The maximum absolute atomic E-state index is 14.0. The minimum absolute atomic E-state index is 0.00456. The van der Waals surface area contributed by atoms with Gasteiger partial charge in [-0.2, -0.15) is 0 Å². The van der Waals surface area contributed by atoms with Crippen molar-refractivity contribution in [3.63, 3.8) is 0 Å². The number of para-hydroxylation sites is 1. The Labute approximate surface area is 223 Å². The van der Waals surface area contributed by atoms with E-state index in [0.29, 0.717) is 45.9 Å². The number of thioether (sulfide) groups is 1. The van der Waals surface area contributed by atoms with Gasteiger partial charge in [-0.25, -0.2) is 9.18 Å². The molecule has 196 valence electrons. The molecule has 0 aliphatic rings. The van der Waals surface area contributed by atoms with Gasteiger partial charge in [0, 0.05) is 29.3 Å². The molecule has 0 spiro atoms. The Hall–Kier alpha value is -4.31. The molecule has 0 unspecified atom stereocenters. The topological polar surface area (TPSA) is 95.7 Å². The fraction of sp³-hybridized carbons (Fsp3) is 0.179. The van der Waals surface area contributed by atoms with Crippen molar-refractivity contribution < 1.29 is 28.5 Å². The van der Waals surface area contributed by atoms with E-state index in [2.05, 4.69) is 10.2 Å². The number of hydrogen-bond acceptors (Lipinski definition) is 7. The van der Waals surface area contributed by atoms with Crippen molar-refractivity contribution >= 4 is 23.8 Å². The van der Waals surface area contributed by atoms with Gasteiger partial charge in [0.1, 0.15) is 34.6 Å². The molecular formula is C28H26FN3O5S. The van der Waals surface area contributed by atoms with E-state index >= 15 is 0 Å². The van der Waals surface area contributed by atoms with Gasteiger partial charge in [-0.3, -0.25) is 0 Å². The van der Waals surface area contributed by atoms with Crippen LogP contribution < -0.4 is 14.2 Å². The average Bonchev–Trinajstić information content (AvgIpc) is 3.35. The Morgan fingerprint density at radius 1 is 1.03 bits per heavy atom. The zero-order valence-corrected chi connectivity index (χ0v) is 21.9. The molecule has 1 N–H and O–H groups in total. The summed E-state index contributed by atoms with van der Waals surface area (Å²) in [7, 11) is 3.12. The van der Waals surface area contributed by atoms with Crippen molar-refractivity contribution in [1.82, 2.24) is 14.8 Å². The molecule has 4 aromatic rings. The second kappa shape index (κ2) is 12.3. The Balaban J connectivity index is 1.64. The van der Waals surface area contributed by atoms with Crippen LogP contribution in [0.1, 0.15) is 18.1 Å². The van der Waals surface area contributed by atoms with Crippen molar-refractivity contribution in [3.8, 4) is 28.6 Å². The molecule has 38 heavy (non-hydrogen) atoms. The predicted octanol–water partition coefficient (Wildman–Crippen LogP) is 5.92. The number of carbonyl (C=O) groups is 1. The summed E-state index contributed by atoms with van der Waals surface area (Å²) in [6, 6.07) is 18.7. The maximum Gasteiger partial charge on any atom is 0.342 e. The van der Waals surface area contributed by atoms with E-state index in [-0.39, 0.29) is 17.3 Å². The van der Waals surface area contributed by atoms with Crippen molar-refractivity contribution in [2.45, 2.75) is 25.2 Å². The van der Waals surface area contributed by atoms with Crippen LogP contribution in [0.25, 0.3) is 17.5 Å². The molecule has 0 saturated heterocycles. The van der Waals surface area contributed by atoms with Gasteiger partial charge in [-0.05, 0) is 49.0 Å². The van der Waals surface area contributed by atoms with Gasteiger partial charge in [0.15, 0.2) is 11.0 Å². The zero-order valence-electron chi connectivity index (χ0n) is 21.1. The number of ether oxygens (including phenoxy) is 3. The molecule has 0 aliphatic heterocycles. The number of benzene rings is 3. The Morgan fingerprint density at radius 3 is 2.37 bits per heavy atom. The fourth-order valence-electron chi connectivity index (χ4n) is 3.68. The molecule has 4 rings (SSSR count). The molecule has 8 nitrogen and oxygen atoms in total. The standard InChI is InChI=1S/C28H26FN3O5S/c1-4-32-26(20-13-21(35-2)16-22(14-20)36-3)30-31-28(32)38-25(27(33)34)15-18-9-6-8-12-24(18)37-17-19-10-5-7-11-23(19)29/h5-16H,4,17H2,1-3H3,(H,33,34)/b25-15-. The van der Waals surface area contributed by atoms with Gasteiger partial charge < -0.3 is 23.9 Å². The minimum Gasteiger partial charge on any atom is -0.497 e. The molecule has 0 fully saturated rings. The first-order valence-electron chi connectivity index (χ1n) is 11.7. The molecule has 0 amide bonds. The summed E-state index contributed by atoms with van der Waals surface area (Å²) >= 11 is 0.977. The smallest absolute Gasteiger partial charge is 0.342 e. The van der Waals surface area contributed by atoms with Crippen molar-refractivity contribution in [2.75, 3.05) is 14.2 Å². The van der Waals surface area contributed by atoms with Crippen LogP contribution in [-0.2, 0) is 17.9 Å². The highest BCUT2D eigenvalue weighted by atomic mass is 32.2. The number of nitrogens with zero attached hydrogens (tertiary/aromatic N) is 3. The summed E-state index contributed by atoms with van der Waals surface area (Å²) in [4.78, 5) is 12.2. The highest BCUT2D eigenvalue weighted by Crippen LogP contribution is 2.34. The third-order valence-electron chi connectivity index (χ3n) is 5.60. The van der Waals surface area contributed by atoms with Gasteiger partial charge in [0.25, 0.3) is 0 Å². The molecule has 0 saturated carbocycles. The average molecular weight is 536 g/mol. The SMILES string of the molecule is CCn1c(S/C(=C\c2ccccc2OCc2ccccc2F)C(=O)O)nnc1-c1cc(OC)cc(OC)c1. The van der Waals surface area contributed by atoms with Crippen LogP contribution >= 0.6 is 11.8 Å². The molecule has 3 aromatic carbocycles. The Kier molecular flexibility index (Phi) is 8.65. The molecule has 0 aliphatic carbocycles.